The maximum absolute atomic E-state index is 8.26. The molecule has 3 rings (SSSR count). The standard InChI is InChI=1S/C29H46/c1-21-12-13-24(23(3)20-21)14-15-25-11-9-19-29(7)26(16-17-27(25)29)22(2)10-8-18-28(4,5)6/h11,14-15,22,26-27H,1,8-10,12-13,16-20H2,2-7H3/b15-14-/t22-,26?,27?,29-/m1/s1/i12T/t12-,22-,26?,27?,29-. The normalized spacial score (nSPS) is 35.0. The van der Waals surface area contributed by atoms with E-state index >= 15 is 0 Å². The molecule has 0 aromatic carbocycles. The minimum Gasteiger partial charge on any atom is -0.0995 e. The second-order valence-corrected chi connectivity index (χ2v) is 11.8. The quantitative estimate of drug-likeness (QED) is 0.392. The lowest BCUT2D eigenvalue weighted by Crippen LogP contribution is -2.35. The summed E-state index contributed by atoms with van der Waals surface area (Å²) in [6.45, 7) is 18.6. The van der Waals surface area contributed by atoms with Crippen molar-refractivity contribution in [3.05, 3.63) is 47.1 Å². The van der Waals surface area contributed by atoms with Gasteiger partial charge in [0.2, 0.25) is 0 Å². The van der Waals surface area contributed by atoms with Gasteiger partial charge in [-0.1, -0.05) is 83.4 Å². The molecule has 1 saturated carbocycles. The van der Waals surface area contributed by atoms with Crippen LogP contribution in [0.25, 0.3) is 0 Å². The maximum atomic E-state index is 8.26. The topological polar surface area (TPSA) is 0 Å². The van der Waals surface area contributed by atoms with Gasteiger partial charge in [-0.3, -0.25) is 0 Å². The van der Waals surface area contributed by atoms with Crippen LogP contribution in [0.5, 0.6) is 0 Å². The summed E-state index contributed by atoms with van der Waals surface area (Å²) in [4.78, 5) is 0. The molecule has 3 aliphatic carbocycles. The van der Waals surface area contributed by atoms with Crippen molar-refractivity contribution >= 4 is 0 Å². The fourth-order valence-electron chi connectivity index (χ4n) is 6.50. The van der Waals surface area contributed by atoms with E-state index in [4.69, 9.17) is 1.37 Å². The monoisotopic (exact) mass is 396 g/mol. The zero-order valence-electron chi connectivity index (χ0n) is 21.1. The largest absolute Gasteiger partial charge is 0.0995 e. The Hall–Kier alpha value is -1.04. The van der Waals surface area contributed by atoms with Crippen molar-refractivity contribution in [2.75, 3.05) is 0 Å². The molecular weight excluding hydrogens is 348 g/mol. The van der Waals surface area contributed by atoms with Crippen LogP contribution in [-0.4, -0.2) is 0 Å². The van der Waals surface area contributed by atoms with Crippen LogP contribution in [0.4, 0.5) is 0 Å². The van der Waals surface area contributed by atoms with Crippen molar-refractivity contribution in [3.8, 4) is 0 Å². The predicted octanol–water partition coefficient (Wildman–Crippen LogP) is 9.20. The Morgan fingerprint density at radius 3 is 2.79 bits per heavy atom. The summed E-state index contributed by atoms with van der Waals surface area (Å²) < 4.78 is 8.26. The third-order valence-electron chi connectivity index (χ3n) is 8.28. The molecule has 0 aromatic heterocycles. The molecule has 0 aromatic rings. The van der Waals surface area contributed by atoms with Gasteiger partial charge in [0.25, 0.3) is 0 Å². The Balaban J connectivity index is 1.68. The summed E-state index contributed by atoms with van der Waals surface area (Å²) in [7, 11) is 0. The van der Waals surface area contributed by atoms with Crippen molar-refractivity contribution in [2.24, 2.45) is 28.6 Å². The van der Waals surface area contributed by atoms with E-state index in [2.05, 4.69) is 66.3 Å². The van der Waals surface area contributed by atoms with E-state index in [9.17, 15) is 0 Å². The molecule has 0 N–H and O–H groups in total. The number of hydrogen-bond donors (Lipinski definition) is 0. The highest BCUT2D eigenvalue weighted by atomic mass is 14.5. The van der Waals surface area contributed by atoms with Crippen molar-refractivity contribution in [3.63, 3.8) is 0 Å². The van der Waals surface area contributed by atoms with Crippen molar-refractivity contribution in [2.45, 2.75) is 106 Å². The van der Waals surface area contributed by atoms with Gasteiger partial charge in [0, 0.05) is 1.37 Å². The lowest BCUT2D eigenvalue weighted by Gasteiger charge is -2.43. The highest BCUT2D eigenvalue weighted by Crippen LogP contribution is 2.58. The zero-order chi connectivity index (χ0) is 22.1. The Kier molecular flexibility index (Phi) is 6.57. The van der Waals surface area contributed by atoms with Crippen LogP contribution in [0.15, 0.2) is 47.1 Å². The highest BCUT2D eigenvalue weighted by molar-refractivity contribution is 5.37. The van der Waals surface area contributed by atoms with Crippen LogP contribution in [0, 0.1) is 28.6 Å². The fourth-order valence-corrected chi connectivity index (χ4v) is 6.50. The average molecular weight is 397 g/mol. The van der Waals surface area contributed by atoms with Gasteiger partial charge in [-0.05, 0) is 98.0 Å². The van der Waals surface area contributed by atoms with E-state index < -0.39 is 0 Å². The van der Waals surface area contributed by atoms with Crippen LogP contribution >= 0.6 is 0 Å². The van der Waals surface area contributed by atoms with Gasteiger partial charge >= 0.3 is 0 Å². The van der Waals surface area contributed by atoms with Gasteiger partial charge < -0.3 is 0 Å². The average Bonchev–Trinajstić information content (AvgIpc) is 3.00. The van der Waals surface area contributed by atoms with E-state index in [0.29, 0.717) is 10.8 Å². The van der Waals surface area contributed by atoms with Crippen LogP contribution in [0.3, 0.4) is 0 Å². The molecule has 0 spiro atoms. The molecule has 3 aliphatic rings. The van der Waals surface area contributed by atoms with Crippen LogP contribution in [0.2, 0.25) is 0 Å². The number of fused-ring (bicyclic) bond motifs is 1. The van der Waals surface area contributed by atoms with Gasteiger partial charge in [-0.25, -0.2) is 0 Å². The number of allylic oxidation sites excluding steroid dienone is 7. The predicted molar refractivity (Wildman–Crippen MR) is 129 cm³/mol. The maximum Gasteiger partial charge on any atom is 0.0316 e. The second kappa shape index (κ2) is 8.99. The first-order valence-electron chi connectivity index (χ1n) is 12.8. The number of rotatable bonds is 6. The molecule has 0 amide bonds. The van der Waals surface area contributed by atoms with Crippen LogP contribution in [-0.2, 0) is 0 Å². The molecule has 0 saturated heterocycles. The smallest absolute Gasteiger partial charge is 0.0316 e. The first-order chi connectivity index (χ1) is 14.0. The molecule has 5 atom stereocenters. The highest BCUT2D eigenvalue weighted by Gasteiger charge is 2.49. The minimum absolute atomic E-state index is 0.122. The molecule has 2 unspecified atom stereocenters. The summed E-state index contributed by atoms with van der Waals surface area (Å²) in [6.07, 6.45) is 18.4. The fraction of sp³-hybridized carbons (Fsp3) is 0.724. The van der Waals surface area contributed by atoms with Crippen LogP contribution in [0.1, 0.15) is 107 Å². The lowest BCUT2D eigenvalue weighted by atomic mass is 9.62. The van der Waals surface area contributed by atoms with E-state index in [1.165, 1.54) is 56.1 Å². The van der Waals surface area contributed by atoms with Gasteiger partial charge in [0.05, 0.1) is 0 Å². The van der Waals surface area contributed by atoms with E-state index in [0.717, 1.165) is 36.2 Å². The molecule has 0 aliphatic heterocycles. The van der Waals surface area contributed by atoms with Crippen molar-refractivity contribution in [1.29, 1.82) is 0 Å². The third-order valence-corrected chi connectivity index (χ3v) is 8.28. The van der Waals surface area contributed by atoms with Crippen molar-refractivity contribution < 1.29 is 1.37 Å². The van der Waals surface area contributed by atoms with Crippen LogP contribution < -0.4 is 0 Å². The molecule has 0 nitrogen and oxygen atoms in total. The molecule has 162 valence electrons. The Morgan fingerprint density at radius 1 is 1.31 bits per heavy atom. The summed E-state index contributed by atoms with van der Waals surface area (Å²) in [5.74, 6) is 2.43. The SMILES string of the molecule is [3H][C@@H]1CC(/C=C\C2=CCC[C@@]3(C)C2CCC3[C@H](C)CCCC(C)(C)C)=C(C)CC1=C. The number of hydrogen-bond acceptors (Lipinski definition) is 0. The molecule has 0 heterocycles. The minimum atomic E-state index is -0.122. The van der Waals surface area contributed by atoms with Gasteiger partial charge in [-0.2, -0.15) is 0 Å². The summed E-state index contributed by atoms with van der Waals surface area (Å²) in [6, 6.07) is 0. The molecule has 0 heteroatoms. The summed E-state index contributed by atoms with van der Waals surface area (Å²) in [5.41, 5.74) is 6.38. The van der Waals surface area contributed by atoms with Crippen molar-refractivity contribution in [1.82, 2.24) is 0 Å². The summed E-state index contributed by atoms with van der Waals surface area (Å²) >= 11 is 0. The molecule has 29 heavy (non-hydrogen) atoms. The first-order valence-corrected chi connectivity index (χ1v) is 12.2. The first kappa shape index (κ1) is 21.2. The van der Waals surface area contributed by atoms with E-state index in [1.54, 1.807) is 5.57 Å². The molecule has 0 bridgehead atoms. The Morgan fingerprint density at radius 2 is 2.07 bits per heavy atom. The Bertz CT molecular complexity index is 728. The second-order valence-electron chi connectivity index (χ2n) is 11.8. The molecular formula is C29H46. The van der Waals surface area contributed by atoms with Gasteiger partial charge in [-0.15, -0.1) is 0 Å². The zero-order valence-corrected chi connectivity index (χ0v) is 20.1. The third kappa shape index (κ3) is 5.36. The van der Waals surface area contributed by atoms with Gasteiger partial charge in [0.15, 0.2) is 0 Å². The molecule has 0 radical (unpaired) electrons. The van der Waals surface area contributed by atoms with E-state index in [-0.39, 0.29) is 6.40 Å². The van der Waals surface area contributed by atoms with Gasteiger partial charge in [0.1, 0.15) is 0 Å². The van der Waals surface area contributed by atoms with E-state index in [1.807, 2.05) is 0 Å². The Labute approximate surface area is 183 Å². The molecule has 1 fully saturated rings. The lowest BCUT2D eigenvalue weighted by molar-refractivity contribution is 0.106. The summed E-state index contributed by atoms with van der Waals surface area (Å²) in [5, 5.41) is 0.